The van der Waals surface area contributed by atoms with E-state index in [-0.39, 0.29) is 28.3 Å². The number of amides is 1. The number of benzene rings is 1. The molecule has 1 aromatic heterocycles. The predicted octanol–water partition coefficient (Wildman–Crippen LogP) is 2.81. The number of ether oxygens (including phenoxy) is 1. The van der Waals surface area contributed by atoms with Crippen LogP contribution in [0.3, 0.4) is 0 Å². The zero-order valence-corrected chi connectivity index (χ0v) is 14.3. The number of hydrogen-bond donors (Lipinski definition) is 2. The molecule has 0 radical (unpaired) electrons. The largest absolute Gasteiger partial charge is 0.478 e. The van der Waals surface area contributed by atoms with Crippen molar-refractivity contribution in [3.63, 3.8) is 0 Å². The van der Waals surface area contributed by atoms with Crippen LogP contribution >= 0.6 is 0 Å². The number of carbonyl (C=O) groups is 3. The fourth-order valence-corrected chi connectivity index (χ4v) is 2.71. The third-order valence-electron chi connectivity index (χ3n) is 3.63. The van der Waals surface area contributed by atoms with Gasteiger partial charge in [0.2, 0.25) is 5.91 Å². The highest BCUT2D eigenvalue weighted by molar-refractivity contribution is 6.07. The lowest BCUT2D eigenvalue weighted by atomic mass is 9.92. The van der Waals surface area contributed by atoms with Gasteiger partial charge in [-0.3, -0.25) is 9.78 Å². The van der Waals surface area contributed by atoms with E-state index in [1.54, 1.807) is 38.1 Å². The molecule has 0 bridgehead atoms. The maximum absolute atomic E-state index is 12.3. The average molecular weight is 342 g/mol. The molecule has 2 aromatic rings. The highest BCUT2D eigenvalue weighted by Gasteiger charge is 2.26. The number of carbonyl (C=O) groups excluding carboxylic acids is 2. The van der Waals surface area contributed by atoms with Crippen molar-refractivity contribution in [1.82, 2.24) is 4.98 Å². The Morgan fingerprint density at radius 2 is 1.76 bits per heavy atom. The number of pyridine rings is 1. The summed E-state index contributed by atoms with van der Waals surface area (Å²) >= 11 is 0. The van der Waals surface area contributed by atoms with Crippen LogP contribution in [0, 0.1) is 13.8 Å². The maximum Gasteiger partial charge on any atom is 0.340 e. The van der Waals surface area contributed by atoms with Gasteiger partial charge < -0.3 is 15.2 Å². The van der Waals surface area contributed by atoms with E-state index in [1.165, 1.54) is 14.0 Å². The van der Waals surface area contributed by atoms with Gasteiger partial charge in [-0.05, 0) is 31.5 Å². The summed E-state index contributed by atoms with van der Waals surface area (Å²) < 4.78 is 4.81. The van der Waals surface area contributed by atoms with E-state index in [0.717, 1.165) is 0 Å². The normalized spacial score (nSPS) is 10.2. The number of aromatic carboxylic acids is 1. The summed E-state index contributed by atoms with van der Waals surface area (Å²) in [6.07, 6.45) is 0. The SMILES string of the molecule is COC(=O)c1c(C)nc(C)c(C(=O)O)c1-c1cccc(NC(C)=O)c1. The van der Waals surface area contributed by atoms with E-state index in [2.05, 4.69) is 10.3 Å². The molecular formula is C18H18N2O5. The summed E-state index contributed by atoms with van der Waals surface area (Å²) in [5.74, 6) is -2.13. The van der Waals surface area contributed by atoms with Crippen LogP contribution in [0.25, 0.3) is 11.1 Å². The molecule has 0 aliphatic carbocycles. The van der Waals surface area contributed by atoms with Crippen LogP contribution in [0.5, 0.6) is 0 Å². The monoisotopic (exact) mass is 342 g/mol. The van der Waals surface area contributed by atoms with Crippen molar-refractivity contribution in [3.8, 4) is 11.1 Å². The van der Waals surface area contributed by atoms with Crippen molar-refractivity contribution in [2.75, 3.05) is 12.4 Å². The zero-order chi connectivity index (χ0) is 18.7. The molecule has 0 saturated heterocycles. The van der Waals surface area contributed by atoms with E-state index in [4.69, 9.17) is 4.74 Å². The summed E-state index contributed by atoms with van der Waals surface area (Å²) in [4.78, 5) is 39.5. The van der Waals surface area contributed by atoms with Gasteiger partial charge in [0.25, 0.3) is 0 Å². The van der Waals surface area contributed by atoms with E-state index in [0.29, 0.717) is 16.9 Å². The lowest BCUT2D eigenvalue weighted by Gasteiger charge is -2.16. The Balaban J connectivity index is 2.84. The first kappa shape index (κ1) is 18.1. The summed E-state index contributed by atoms with van der Waals surface area (Å²) in [6.45, 7) is 4.56. The molecular weight excluding hydrogens is 324 g/mol. The van der Waals surface area contributed by atoms with Gasteiger partial charge in [0.1, 0.15) is 0 Å². The van der Waals surface area contributed by atoms with Crippen molar-refractivity contribution in [1.29, 1.82) is 0 Å². The first-order valence-electron chi connectivity index (χ1n) is 7.47. The Morgan fingerprint density at radius 3 is 2.32 bits per heavy atom. The van der Waals surface area contributed by atoms with Crippen LogP contribution in [0.2, 0.25) is 0 Å². The highest BCUT2D eigenvalue weighted by Crippen LogP contribution is 2.33. The van der Waals surface area contributed by atoms with Gasteiger partial charge >= 0.3 is 11.9 Å². The molecule has 25 heavy (non-hydrogen) atoms. The number of rotatable bonds is 4. The number of methoxy groups -OCH3 is 1. The number of aryl methyl sites for hydroxylation is 2. The maximum atomic E-state index is 12.3. The van der Waals surface area contributed by atoms with E-state index < -0.39 is 11.9 Å². The molecule has 1 aromatic carbocycles. The number of anilines is 1. The van der Waals surface area contributed by atoms with Crippen molar-refractivity contribution < 1.29 is 24.2 Å². The molecule has 0 fully saturated rings. The molecule has 7 heteroatoms. The van der Waals surface area contributed by atoms with Crippen LogP contribution in [0.1, 0.15) is 39.0 Å². The van der Waals surface area contributed by atoms with Crippen LogP contribution in [0.15, 0.2) is 24.3 Å². The highest BCUT2D eigenvalue weighted by atomic mass is 16.5. The minimum atomic E-state index is -1.20. The Hall–Kier alpha value is -3.22. The molecule has 7 nitrogen and oxygen atoms in total. The van der Waals surface area contributed by atoms with Crippen molar-refractivity contribution in [2.24, 2.45) is 0 Å². The number of nitrogens with zero attached hydrogens (tertiary/aromatic N) is 1. The molecule has 2 rings (SSSR count). The molecule has 0 unspecified atom stereocenters. The fourth-order valence-electron chi connectivity index (χ4n) is 2.71. The number of carboxylic acids is 1. The van der Waals surface area contributed by atoms with Crippen molar-refractivity contribution in [2.45, 2.75) is 20.8 Å². The third kappa shape index (κ3) is 3.65. The number of nitrogens with one attached hydrogen (secondary N) is 1. The fraction of sp³-hybridized carbons (Fsp3) is 0.222. The van der Waals surface area contributed by atoms with E-state index >= 15 is 0 Å². The van der Waals surface area contributed by atoms with Gasteiger partial charge in [0, 0.05) is 18.2 Å². The van der Waals surface area contributed by atoms with Gasteiger partial charge in [-0.15, -0.1) is 0 Å². The molecule has 2 N–H and O–H groups in total. The summed E-state index contributed by atoms with van der Waals surface area (Å²) in [7, 11) is 1.22. The topological polar surface area (TPSA) is 106 Å². The first-order valence-corrected chi connectivity index (χ1v) is 7.47. The van der Waals surface area contributed by atoms with Gasteiger partial charge in [0.15, 0.2) is 0 Å². The first-order chi connectivity index (χ1) is 11.8. The Labute approximate surface area is 144 Å². The quantitative estimate of drug-likeness (QED) is 0.828. The predicted molar refractivity (Wildman–Crippen MR) is 91.7 cm³/mol. The molecule has 0 spiro atoms. The van der Waals surface area contributed by atoms with Crippen LogP contribution in [0.4, 0.5) is 5.69 Å². The summed E-state index contributed by atoms with van der Waals surface area (Å²) in [6, 6.07) is 6.61. The van der Waals surface area contributed by atoms with Crippen molar-refractivity contribution >= 4 is 23.5 Å². The number of carboxylic acid groups (broad SMARTS) is 1. The minimum absolute atomic E-state index is 0.0778. The molecule has 0 saturated carbocycles. The second kappa shape index (κ2) is 7.12. The third-order valence-corrected chi connectivity index (χ3v) is 3.63. The van der Waals surface area contributed by atoms with Crippen LogP contribution < -0.4 is 5.32 Å². The second-order valence-corrected chi connectivity index (χ2v) is 5.47. The van der Waals surface area contributed by atoms with Crippen LogP contribution in [-0.4, -0.2) is 35.0 Å². The number of hydrogen-bond acceptors (Lipinski definition) is 5. The molecule has 1 amide bonds. The number of aromatic nitrogens is 1. The van der Waals surface area contributed by atoms with E-state index in [1.807, 2.05) is 0 Å². The standard InChI is InChI=1S/C18H18N2O5/c1-9-14(17(22)23)16(15(10(2)19-9)18(24)25-4)12-6-5-7-13(8-12)20-11(3)21/h5-8H,1-4H3,(H,20,21)(H,22,23). The van der Waals surface area contributed by atoms with Crippen LogP contribution in [-0.2, 0) is 9.53 Å². The van der Waals surface area contributed by atoms with Gasteiger partial charge in [-0.25, -0.2) is 9.59 Å². The van der Waals surface area contributed by atoms with E-state index in [9.17, 15) is 19.5 Å². The smallest absolute Gasteiger partial charge is 0.340 e. The molecule has 0 aliphatic heterocycles. The summed E-state index contributed by atoms with van der Waals surface area (Å²) in [5.41, 5.74) is 1.85. The zero-order valence-electron chi connectivity index (χ0n) is 14.3. The van der Waals surface area contributed by atoms with Crippen molar-refractivity contribution in [3.05, 3.63) is 46.8 Å². The molecule has 1 heterocycles. The van der Waals surface area contributed by atoms with Gasteiger partial charge in [-0.1, -0.05) is 12.1 Å². The average Bonchev–Trinajstić information content (AvgIpc) is 2.52. The number of esters is 1. The lowest BCUT2D eigenvalue weighted by Crippen LogP contribution is -2.15. The Bertz CT molecular complexity index is 874. The Morgan fingerprint density at radius 1 is 1.12 bits per heavy atom. The second-order valence-electron chi connectivity index (χ2n) is 5.47. The molecule has 130 valence electrons. The van der Waals surface area contributed by atoms with Gasteiger partial charge in [-0.2, -0.15) is 0 Å². The molecule has 0 atom stereocenters. The lowest BCUT2D eigenvalue weighted by molar-refractivity contribution is -0.114. The van der Waals surface area contributed by atoms with Gasteiger partial charge in [0.05, 0.1) is 29.6 Å². The molecule has 0 aliphatic rings. The Kier molecular flexibility index (Phi) is 5.17. The minimum Gasteiger partial charge on any atom is -0.478 e. The summed E-state index contributed by atoms with van der Waals surface area (Å²) in [5, 5.41) is 12.3.